The number of imidazole rings is 2. The lowest BCUT2D eigenvalue weighted by Gasteiger charge is -2.28. The Balaban J connectivity index is 1.33. The minimum absolute atomic E-state index is 0.0263. The van der Waals surface area contributed by atoms with Gasteiger partial charge in [-0.15, -0.1) is 0 Å². The van der Waals surface area contributed by atoms with Crippen LogP contribution in [0.2, 0.25) is 0 Å². The number of rotatable bonds is 8. The van der Waals surface area contributed by atoms with Crippen molar-refractivity contribution in [1.82, 2.24) is 24.4 Å². The van der Waals surface area contributed by atoms with Crippen molar-refractivity contribution in [1.29, 1.82) is 0 Å². The zero-order valence-corrected chi connectivity index (χ0v) is 19.1. The highest BCUT2D eigenvalue weighted by atomic mass is 32.2. The van der Waals surface area contributed by atoms with E-state index in [0.29, 0.717) is 24.0 Å². The van der Waals surface area contributed by atoms with Crippen molar-refractivity contribution >= 4 is 34.7 Å². The molecule has 0 radical (unpaired) electrons. The first-order chi connectivity index (χ1) is 15.0. The van der Waals surface area contributed by atoms with Gasteiger partial charge in [0, 0.05) is 57.0 Å². The highest BCUT2D eigenvalue weighted by Gasteiger charge is 2.24. The Morgan fingerprint density at radius 2 is 2.06 bits per heavy atom. The number of carbonyl (C=O) groups excluding carboxylic acids is 1. The Morgan fingerprint density at radius 3 is 2.77 bits per heavy atom. The molecule has 0 bridgehead atoms. The molecule has 1 fully saturated rings. The second-order valence-electron chi connectivity index (χ2n) is 8.00. The van der Waals surface area contributed by atoms with Crippen molar-refractivity contribution in [3.05, 3.63) is 36.2 Å². The third-order valence-electron chi connectivity index (χ3n) is 5.79. The lowest BCUT2D eigenvalue weighted by atomic mass is 9.94. The van der Waals surface area contributed by atoms with Crippen molar-refractivity contribution in [3.8, 4) is 0 Å². The number of ether oxygens (including phenoxy) is 1. The molecule has 0 saturated heterocycles. The number of hydrogen-bond acceptors (Lipinski definition) is 6. The van der Waals surface area contributed by atoms with Gasteiger partial charge in [-0.3, -0.25) is 4.79 Å². The zero-order valence-electron chi connectivity index (χ0n) is 18.3. The topological polar surface area (TPSA) is 86.0 Å². The second-order valence-corrected chi connectivity index (χ2v) is 9.27. The van der Waals surface area contributed by atoms with Crippen LogP contribution in [0.4, 0.5) is 5.95 Å². The first-order valence-corrected chi connectivity index (χ1v) is 11.6. The number of hydrogen-bond donors (Lipinski definition) is 2. The number of fused-ring (bicyclic) bond motifs is 1. The summed E-state index contributed by atoms with van der Waals surface area (Å²) in [6, 6.07) is 5.92. The number of thioether (sulfide) groups is 1. The maximum atomic E-state index is 12.8. The largest absolute Gasteiger partial charge is 0.383 e. The van der Waals surface area contributed by atoms with Gasteiger partial charge in [0.15, 0.2) is 5.16 Å². The molecule has 1 aliphatic rings. The van der Waals surface area contributed by atoms with E-state index in [4.69, 9.17) is 4.74 Å². The molecule has 9 heteroatoms. The van der Waals surface area contributed by atoms with Gasteiger partial charge in [-0.2, -0.15) is 0 Å². The van der Waals surface area contributed by atoms with Crippen LogP contribution in [-0.2, 0) is 18.8 Å². The molecule has 1 amide bonds. The molecule has 2 aromatic heterocycles. The van der Waals surface area contributed by atoms with E-state index in [2.05, 4.69) is 25.2 Å². The molecular weight excluding hydrogens is 412 g/mol. The Kier molecular flexibility index (Phi) is 6.82. The summed E-state index contributed by atoms with van der Waals surface area (Å²) in [5.41, 5.74) is 2.45. The molecule has 8 nitrogen and oxygen atoms in total. The lowest BCUT2D eigenvalue weighted by Crippen LogP contribution is -2.38. The van der Waals surface area contributed by atoms with E-state index in [1.54, 1.807) is 7.11 Å². The van der Waals surface area contributed by atoms with E-state index in [9.17, 15) is 4.79 Å². The van der Waals surface area contributed by atoms with Gasteiger partial charge in [0.25, 0.3) is 5.91 Å². The van der Waals surface area contributed by atoms with Crippen LogP contribution in [0.3, 0.4) is 0 Å². The van der Waals surface area contributed by atoms with Crippen LogP contribution < -0.4 is 10.6 Å². The summed E-state index contributed by atoms with van der Waals surface area (Å²) in [6.07, 6.45) is 7.97. The van der Waals surface area contributed by atoms with Gasteiger partial charge in [-0.1, -0.05) is 11.8 Å². The maximum absolute atomic E-state index is 12.8. The number of methoxy groups -OCH3 is 1. The highest BCUT2D eigenvalue weighted by Crippen LogP contribution is 2.32. The number of nitrogens with zero attached hydrogens (tertiary/aromatic N) is 4. The molecule has 0 atom stereocenters. The number of nitrogens with one attached hydrogen (secondary N) is 2. The van der Waals surface area contributed by atoms with E-state index < -0.39 is 0 Å². The number of amides is 1. The summed E-state index contributed by atoms with van der Waals surface area (Å²) in [6.45, 7) is 1.29. The molecule has 31 heavy (non-hydrogen) atoms. The van der Waals surface area contributed by atoms with Crippen LogP contribution in [-0.4, -0.2) is 56.6 Å². The van der Waals surface area contributed by atoms with E-state index in [1.807, 2.05) is 61.0 Å². The van der Waals surface area contributed by atoms with Crippen LogP contribution in [0.25, 0.3) is 11.0 Å². The number of aromatic nitrogens is 4. The van der Waals surface area contributed by atoms with Gasteiger partial charge >= 0.3 is 0 Å². The van der Waals surface area contributed by atoms with Crippen LogP contribution in [0.1, 0.15) is 36.0 Å². The molecular formula is C22H30N6O2S. The Labute approximate surface area is 186 Å². The highest BCUT2D eigenvalue weighted by molar-refractivity contribution is 7.99. The maximum Gasteiger partial charge on any atom is 0.251 e. The first kappa shape index (κ1) is 21.7. The third kappa shape index (κ3) is 5.04. The predicted molar refractivity (Wildman–Crippen MR) is 124 cm³/mol. The molecule has 4 rings (SSSR count). The number of anilines is 1. The van der Waals surface area contributed by atoms with E-state index in [0.717, 1.165) is 47.8 Å². The van der Waals surface area contributed by atoms with Crippen molar-refractivity contribution in [2.24, 2.45) is 14.1 Å². The quantitative estimate of drug-likeness (QED) is 0.521. The average Bonchev–Trinajstić information content (AvgIpc) is 3.32. The Bertz CT molecular complexity index is 1040. The summed E-state index contributed by atoms with van der Waals surface area (Å²) in [5, 5.41) is 8.10. The molecule has 0 unspecified atom stereocenters. The fourth-order valence-electron chi connectivity index (χ4n) is 3.97. The molecule has 1 saturated carbocycles. The van der Waals surface area contributed by atoms with Crippen molar-refractivity contribution in [3.63, 3.8) is 0 Å². The zero-order chi connectivity index (χ0) is 21.8. The van der Waals surface area contributed by atoms with E-state index in [1.165, 1.54) is 0 Å². The summed E-state index contributed by atoms with van der Waals surface area (Å²) in [5.74, 6) is 0.745. The van der Waals surface area contributed by atoms with Gasteiger partial charge in [0.1, 0.15) is 0 Å². The fourth-order valence-corrected chi connectivity index (χ4v) is 5.13. The Morgan fingerprint density at radius 1 is 1.26 bits per heavy atom. The van der Waals surface area contributed by atoms with Gasteiger partial charge < -0.3 is 24.5 Å². The number of carbonyl (C=O) groups is 1. The minimum atomic E-state index is -0.0263. The standard InChI is InChI=1S/C22H30N6O2S/c1-27-12-10-24-22(27)31-17-7-5-16(6-8-17)25-20(29)15-4-9-19-18(14-15)26-21(28(19)2)23-11-13-30-3/h4,9-10,12,14,16-17H,5-8,11,13H2,1-3H3,(H,23,26)(H,25,29). The number of aryl methyl sites for hydroxylation is 2. The molecule has 166 valence electrons. The number of benzene rings is 1. The van der Waals surface area contributed by atoms with E-state index >= 15 is 0 Å². The SMILES string of the molecule is COCCNc1nc2cc(C(=O)NC3CCC(Sc4nccn4C)CC3)ccc2n1C. The van der Waals surface area contributed by atoms with Gasteiger partial charge in [0.2, 0.25) is 5.95 Å². The molecule has 0 aliphatic heterocycles. The van der Waals surface area contributed by atoms with Crippen molar-refractivity contribution in [2.45, 2.75) is 42.1 Å². The molecule has 1 aliphatic carbocycles. The van der Waals surface area contributed by atoms with Gasteiger partial charge in [-0.25, -0.2) is 9.97 Å². The summed E-state index contributed by atoms with van der Waals surface area (Å²) < 4.78 is 9.13. The summed E-state index contributed by atoms with van der Waals surface area (Å²) >= 11 is 1.84. The normalized spacial score (nSPS) is 18.9. The second kappa shape index (κ2) is 9.74. The van der Waals surface area contributed by atoms with Gasteiger partial charge in [-0.05, 0) is 43.9 Å². The predicted octanol–water partition coefficient (Wildman–Crippen LogP) is 3.20. The summed E-state index contributed by atoms with van der Waals surface area (Å²) in [7, 11) is 5.66. The first-order valence-electron chi connectivity index (χ1n) is 10.7. The fraction of sp³-hybridized carbons (Fsp3) is 0.500. The van der Waals surface area contributed by atoms with Crippen LogP contribution in [0.15, 0.2) is 35.7 Å². The summed E-state index contributed by atoms with van der Waals surface area (Å²) in [4.78, 5) is 21.9. The van der Waals surface area contributed by atoms with Crippen LogP contribution >= 0.6 is 11.8 Å². The Hall–Kier alpha value is -2.52. The smallest absolute Gasteiger partial charge is 0.251 e. The molecule has 3 aromatic rings. The third-order valence-corrected chi connectivity index (χ3v) is 7.20. The minimum Gasteiger partial charge on any atom is -0.383 e. The average molecular weight is 443 g/mol. The van der Waals surface area contributed by atoms with E-state index in [-0.39, 0.29) is 11.9 Å². The monoisotopic (exact) mass is 442 g/mol. The van der Waals surface area contributed by atoms with Crippen LogP contribution in [0, 0.1) is 0 Å². The lowest BCUT2D eigenvalue weighted by molar-refractivity contribution is 0.0928. The van der Waals surface area contributed by atoms with Crippen molar-refractivity contribution in [2.75, 3.05) is 25.6 Å². The molecule has 2 heterocycles. The van der Waals surface area contributed by atoms with Gasteiger partial charge in [0.05, 0.1) is 17.6 Å². The molecule has 2 N–H and O–H groups in total. The molecule has 1 aromatic carbocycles. The van der Waals surface area contributed by atoms with Crippen molar-refractivity contribution < 1.29 is 9.53 Å². The molecule has 0 spiro atoms. The van der Waals surface area contributed by atoms with Crippen LogP contribution in [0.5, 0.6) is 0 Å².